The number of alkyl halides is 1. The van der Waals surface area contributed by atoms with Crippen molar-refractivity contribution in [1.82, 2.24) is 20.5 Å². The lowest BCUT2D eigenvalue weighted by atomic mass is 9.90. The predicted octanol–water partition coefficient (Wildman–Crippen LogP) is 8.37. The molecule has 63 heavy (non-hydrogen) atoms. The maximum absolute atomic E-state index is 14.2. The van der Waals surface area contributed by atoms with Crippen LogP contribution in [0.25, 0.3) is 11.1 Å². The first kappa shape index (κ1) is 58.7. The monoisotopic (exact) mass is 907 g/mol. The first-order valence-corrected chi connectivity index (χ1v) is 23.3. The standard InChI is InChI=1S/C22H23F2N.C13H26FN5O3S.C9H16O2.2C2H6/c1-22(2,3)13-19-11-17(20-12-18(23)9-10-21(20)24)15-25(19)14-16-7-5-4-6-8-16;14-7-10(16)1-3-17-13(22)9-23-6-2-11(20)18-4-5-19-12(21)8-15;1-4-7-6(2)9(7,3)5-8(10)11;2*1-2/h4-12,15H,13-14H2,1-3H3;10H,1-9,15-16H2,(H,17,22)(H,18,20)(H,19,21);6-7H,4-5H2,1-3H3,(H,10,11);2*1-2H3. The van der Waals surface area contributed by atoms with Gasteiger partial charge in [-0.15, -0.1) is 0 Å². The summed E-state index contributed by atoms with van der Waals surface area (Å²) >= 11 is 1.34. The number of carboxylic acids is 1. The molecule has 1 fully saturated rings. The number of hydrogen-bond donors (Lipinski definition) is 6. The molecule has 356 valence electrons. The average molecular weight is 907 g/mol. The van der Waals surface area contributed by atoms with Crippen molar-refractivity contribution in [3.05, 3.63) is 83.7 Å². The third-order valence-corrected chi connectivity index (χ3v) is 11.1. The van der Waals surface area contributed by atoms with Gasteiger partial charge in [0.25, 0.3) is 0 Å². The van der Waals surface area contributed by atoms with E-state index in [2.05, 4.69) is 74.2 Å². The Hall–Kier alpha value is -4.34. The Balaban J connectivity index is 0.000000933. The molecule has 4 unspecified atom stereocenters. The quantitative estimate of drug-likeness (QED) is 0.0612. The second-order valence-corrected chi connectivity index (χ2v) is 17.4. The highest BCUT2D eigenvalue weighted by Gasteiger charge is 2.57. The molecule has 3 amide bonds. The molecule has 2 aromatic carbocycles. The van der Waals surface area contributed by atoms with Crippen LogP contribution in [0.2, 0.25) is 0 Å². The number of nitrogens with two attached hydrogens (primary N) is 2. The smallest absolute Gasteiger partial charge is 0.303 e. The van der Waals surface area contributed by atoms with Crippen LogP contribution in [0.5, 0.6) is 0 Å². The van der Waals surface area contributed by atoms with Crippen LogP contribution < -0.4 is 27.4 Å². The van der Waals surface area contributed by atoms with Crippen LogP contribution in [0.1, 0.15) is 106 Å². The van der Waals surface area contributed by atoms with Crippen LogP contribution in [-0.4, -0.2) is 83.8 Å². The first-order chi connectivity index (χ1) is 29.8. The van der Waals surface area contributed by atoms with Crippen molar-refractivity contribution in [2.45, 2.75) is 114 Å². The summed E-state index contributed by atoms with van der Waals surface area (Å²) in [5.74, 6) is -0.0703. The molecular formula is C48H77F3N6O5S. The summed E-state index contributed by atoms with van der Waals surface area (Å²) in [6, 6.07) is 15.2. The maximum Gasteiger partial charge on any atom is 0.303 e. The van der Waals surface area contributed by atoms with Crippen molar-refractivity contribution >= 4 is 35.5 Å². The number of carbonyl (C=O) groups is 4. The molecule has 0 bridgehead atoms. The second-order valence-electron chi connectivity index (χ2n) is 16.3. The Morgan fingerprint density at radius 2 is 1.52 bits per heavy atom. The zero-order valence-electron chi connectivity index (χ0n) is 39.4. The van der Waals surface area contributed by atoms with E-state index in [-0.39, 0.29) is 47.3 Å². The van der Waals surface area contributed by atoms with Gasteiger partial charge in [0.15, 0.2) is 0 Å². The number of halogens is 3. The number of amides is 3. The number of nitrogens with one attached hydrogen (secondary N) is 3. The van der Waals surface area contributed by atoms with E-state index in [1.807, 2.05) is 58.2 Å². The van der Waals surface area contributed by atoms with E-state index >= 15 is 0 Å². The predicted molar refractivity (Wildman–Crippen MR) is 253 cm³/mol. The molecular weight excluding hydrogens is 830 g/mol. The highest BCUT2D eigenvalue weighted by atomic mass is 32.2. The van der Waals surface area contributed by atoms with Crippen LogP contribution in [0, 0.1) is 34.3 Å². The Labute approximate surface area is 379 Å². The Kier molecular flexibility index (Phi) is 29.3. The topological polar surface area (TPSA) is 182 Å². The van der Waals surface area contributed by atoms with E-state index in [4.69, 9.17) is 16.6 Å². The Bertz CT molecular complexity index is 1770. The molecule has 0 saturated heterocycles. The van der Waals surface area contributed by atoms with E-state index < -0.39 is 30.3 Å². The molecule has 1 heterocycles. The summed E-state index contributed by atoms with van der Waals surface area (Å²) in [5.41, 5.74) is 14.0. The molecule has 0 radical (unpaired) electrons. The zero-order valence-corrected chi connectivity index (χ0v) is 40.2. The molecule has 0 spiro atoms. The van der Waals surface area contributed by atoms with E-state index in [1.54, 1.807) is 0 Å². The average Bonchev–Trinajstić information content (AvgIpc) is 3.53. The molecule has 15 heteroatoms. The summed E-state index contributed by atoms with van der Waals surface area (Å²) in [7, 11) is 0. The number of rotatable bonds is 20. The van der Waals surface area contributed by atoms with Crippen molar-refractivity contribution in [2.24, 2.45) is 34.1 Å². The molecule has 1 aromatic heterocycles. The highest BCUT2D eigenvalue weighted by Crippen LogP contribution is 2.62. The number of thioether (sulfide) groups is 1. The largest absolute Gasteiger partial charge is 0.481 e. The third kappa shape index (κ3) is 23.8. The van der Waals surface area contributed by atoms with Gasteiger partial charge in [-0.3, -0.25) is 19.2 Å². The summed E-state index contributed by atoms with van der Waals surface area (Å²) in [5, 5.41) is 16.4. The Morgan fingerprint density at radius 1 is 0.921 bits per heavy atom. The number of aromatic nitrogens is 1. The molecule has 1 aliphatic carbocycles. The fraction of sp³-hybridized carbons (Fsp3) is 0.583. The van der Waals surface area contributed by atoms with Gasteiger partial charge in [-0.1, -0.05) is 106 Å². The highest BCUT2D eigenvalue weighted by molar-refractivity contribution is 7.99. The van der Waals surface area contributed by atoms with E-state index in [9.17, 15) is 32.3 Å². The fourth-order valence-corrected chi connectivity index (χ4v) is 7.57. The molecule has 1 saturated carbocycles. The number of hydrogen-bond acceptors (Lipinski definition) is 7. The van der Waals surface area contributed by atoms with Gasteiger partial charge in [0.2, 0.25) is 17.7 Å². The lowest BCUT2D eigenvalue weighted by Crippen LogP contribution is -2.37. The number of benzene rings is 2. The second kappa shape index (κ2) is 31.5. The molecule has 1 aliphatic rings. The van der Waals surface area contributed by atoms with Crippen molar-refractivity contribution in [3.63, 3.8) is 0 Å². The molecule has 4 rings (SSSR count). The van der Waals surface area contributed by atoms with E-state index in [0.717, 1.165) is 24.6 Å². The lowest BCUT2D eigenvalue weighted by Gasteiger charge is -2.19. The number of aliphatic carboxylic acids is 1. The molecule has 4 atom stereocenters. The van der Waals surface area contributed by atoms with Crippen molar-refractivity contribution in [3.8, 4) is 11.1 Å². The SMILES string of the molecule is CC.CC.CC(C)(C)Cc1cc(-c2cc(F)ccc2F)cn1Cc1ccccc1.CCC1C(C)C1(C)CC(=O)O.NCC(=O)NCCNC(=O)CCSCC(=O)NCCC(N)CF. The Morgan fingerprint density at radius 3 is 2.06 bits per heavy atom. The summed E-state index contributed by atoms with van der Waals surface area (Å²) < 4.78 is 42.0. The van der Waals surface area contributed by atoms with Gasteiger partial charge in [0.1, 0.15) is 18.3 Å². The normalized spacial score (nSPS) is 16.4. The van der Waals surface area contributed by atoms with Gasteiger partial charge in [-0.2, -0.15) is 11.8 Å². The van der Waals surface area contributed by atoms with Crippen molar-refractivity contribution in [2.75, 3.05) is 44.4 Å². The summed E-state index contributed by atoms with van der Waals surface area (Å²) in [6.07, 6.45) is 4.92. The molecule has 3 aromatic rings. The van der Waals surface area contributed by atoms with Gasteiger partial charge in [-0.05, 0) is 65.3 Å². The van der Waals surface area contributed by atoms with Crippen LogP contribution in [0.4, 0.5) is 13.2 Å². The van der Waals surface area contributed by atoms with Gasteiger partial charge >= 0.3 is 5.97 Å². The minimum Gasteiger partial charge on any atom is -0.481 e. The number of carbonyl (C=O) groups excluding carboxylic acids is 3. The summed E-state index contributed by atoms with van der Waals surface area (Å²) in [4.78, 5) is 44.2. The minimum atomic E-state index is -0.657. The van der Waals surface area contributed by atoms with Crippen LogP contribution >= 0.6 is 11.8 Å². The first-order valence-electron chi connectivity index (χ1n) is 22.1. The van der Waals surface area contributed by atoms with Crippen molar-refractivity contribution in [1.29, 1.82) is 0 Å². The van der Waals surface area contributed by atoms with Gasteiger partial charge in [0, 0.05) is 67.4 Å². The van der Waals surface area contributed by atoms with Crippen LogP contribution in [0.15, 0.2) is 60.8 Å². The molecule has 11 nitrogen and oxygen atoms in total. The van der Waals surface area contributed by atoms with Gasteiger partial charge < -0.3 is 37.1 Å². The van der Waals surface area contributed by atoms with Crippen LogP contribution in [-0.2, 0) is 32.1 Å². The maximum atomic E-state index is 14.2. The van der Waals surface area contributed by atoms with Crippen LogP contribution in [0.3, 0.4) is 0 Å². The molecule has 0 aliphatic heterocycles. The van der Waals surface area contributed by atoms with E-state index in [1.165, 1.54) is 29.5 Å². The van der Waals surface area contributed by atoms with Gasteiger partial charge in [0.05, 0.1) is 18.7 Å². The van der Waals surface area contributed by atoms with Gasteiger partial charge in [-0.25, -0.2) is 13.2 Å². The van der Waals surface area contributed by atoms with E-state index in [0.29, 0.717) is 67.7 Å². The zero-order chi connectivity index (χ0) is 48.2. The number of carboxylic acid groups (broad SMARTS) is 1. The summed E-state index contributed by atoms with van der Waals surface area (Å²) in [6.45, 7) is 21.9. The lowest BCUT2D eigenvalue weighted by molar-refractivity contribution is -0.138. The number of nitrogens with zero attached hydrogens (tertiary/aromatic N) is 1. The molecule has 8 N–H and O–H groups in total. The third-order valence-electron chi connectivity index (χ3n) is 10.2. The van der Waals surface area contributed by atoms with Crippen molar-refractivity contribution < 1.29 is 37.5 Å². The minimum absolute atomic E-state index is 0.0770. The fourth-order valence-electron chi connectivity index (χ4n) is 6.81.